The molecular weight excluding hydrogens is 364 g/mol. The fourth-order valence-corrected chi connectivity index (χ4v) is 4.41. The van der Waals surface area contributed by atoms with Crippen molar-refractivity contribution in [2.75, 3.05) is 26.2 Å². The first-order valence-electron chi connectivity index (χ1n) is 10.4. The molecule has 0 spiro atoms. The molecule has 0 bridgehead atoms. The molecule has 7 heteroatoms. The van der Waals surface area contributed by atoms with Crippen molar-refractivity contribution in [3.63, 3.8) is 0 Å². The second-order valence-electron chi connectivity index (χ2n) is 7.80. The molecule has 3 heterocycles. The second kappa shape index (κ2) is 7.93. The maximum atomic E-state index is 13.0. The predicted molar refractivity (Wildman–Crippen MR) is 112 cm³/mol. The van der Waals surface area contributed by atoms with Gasteiger partial charge in [-0.3, -0.25) is 9.78 Å². The highest BCUT2D eigenvalue weighted by Crippen LogP contribution is 2.28. The van der Waals surface area contributed by atoms with Gasteiger partial charge in [0.1, 0.15) is 11.3 Å². The summed E-state index contributed by atoms with van der Waals surface area (Å²) in [6, 6.07) is 10.2. The van der Waals surface area contributed by atoms with Crippen molar-refractivity contribution >= 4 is 16.9 Å². The lowest BCUT2D eigenvalue weighted by atomic mass is 9.92. The van der Waals surface area contributed by atoms with E-state index in [0.29, 0.717) is 12.1 Å². The molecule has 7 nitrogen and oxygen atoms in total. The number of rotatable bonds is 4. The van der Waals surface area contributed by atoms with Gasteiger partial charge in [0.25, 0.3) is 5.91 Å². The zero-order chi connectivity index (χ0) is 19.6. The summed E-state index contributed by atoms with van der Waals surface area (Å²) in [6.07, 6.45) is 5.22. The number of nitrogens with one attached hydrogen (secondary N) is 3. The van der Waals surface area contributed by atoms with Gasteiger partial charge in [0, 0.05) is 32.4 Å². The van der Waals surface area contributed by atoms with Gasteiger partial charge in [0.05, 0.1) is 29.4 Å². The van der Waals surface area contributed by atoms with Crippen LogP contribution in [-0.2, 0) is 13.0 Å². The van der Waals surface area contributed by atoms with Crippen LogP contribution in [0.3, 0.4) is 0 Å². The second-order valence-corrected chi connectivity index (χ2v) is 7.80. The zero-order valence-electron chi connectivity index (χ0n) is 16.4. The van der Waals surface area contributed by atoms with Crippen molar-refractivity contribution in [3.05, 3.63) is 59.2 Å². The van der Waals surface area contributed by atoms with E-state index in [1.807, 2.05) is 35.4 Å². The van der Waals surface area contributed by atoms with Crippen molar-refractivity contribution in [3.8, 4) is 0 Å². The first-order valence-corrected chi connectivity index (χ1v) is 10.4. The average molecular weight is 390 g/mol. The molecule has 3 aromatic rings. The van der Waals surface area contributed by atoms with E-state index >= 15 is 0 Å². The van der Waals surface area contributed by atoms with Crippen molar-refractivity contribution in [2.24, 2.45) is 0 Å². The van der Waals surface area contributed by atoms with Crippen LogP contribution in [0.2, 0.25) is 0 Å². The molecule has 5 rings (SSSR count). The molecule has 1 aliphatic carbocycles. The lowest BCUT2D eigenvalue weighted by Gasteiger charge is -2.27. The molecule has 2 aliphatic rings. The maximum absolute atomic E-state index is 13.0. The number of fused-ring (bicyclic) bond motifs is 2. The van der Waals surface area contributed by atoms with E-state index in [4.69, 9.17) is 4.98 Å². The topological polar surface area (TPSA) is 85.9 Å². The van der Waals surface area contributed by atoms with Crippen LogP contribution in [0.4, 0.5) is 0 Å². The Hall–Kier alpha value is -2.77. The Bertz CT molecular complexity index is 1020. The third kappa shape index (κ3) is 3.63. The number of nitrogens with zero attached hydrogens (tertiary/aromatic N) is 3. The molecular formula is C22H26N6O. The molecule has 1 aliphatic heterocycles. The third-order valence-electron chi connectivity index (χ3n) is 5.91. The van der Waals surface area contributed by atoms with Crippen molar-refractivity contribution in [1.29, 1.82) is 0 Å². The van der Waals surface area contributed by atoms with E-state index in [9.17, 15) is 4.79 Å². The summed E-state index contributed by atoms with van der Waals surface area (Å²) in [4.78, 5) is 27.6. The fourth-order valence-electron chi connectivity index (χ4n) is 4.41. The van der Waals surface area contributed by atoms with Crippen molar-refractivity contribution < 1.29 is 4.79 Å². The van der Waals surface area contributed by atoms with Gasteiger partial charge in [-0.15, -0.1) is 0 Å². The SMILES string of the molecule is O=C(c1cccc2[nH]c(CNC3CCCc4cccnc43)nc12)N1CCNCC1. The van der Waals surface area contributed by atoms with Crippen LogP contribution < -0.4 is 10.6 Å². The van der Waals surface area contributed by atoms with Crippen LogP contribution in [0.5, 0.6) is 0 Å². The number of hydrogen-bond acceptors (Lipinski definition) is 5. The maximum Gasteiger partial charge on any atom is 0.256 e. The van der Waals surface area contributed by atoms with Crippen molar-refractivity contribution in [2.45, 2.75) is 31.8 Å². The van der Waals surface area contributed by atoms with Crippen LogP contribution >= 0.6 is 0 Å². The Morgan fingerprint density at radius 3 is 3.00 bits per heavy atom. The molecule has 1 aromatic carbocycles. The summed E-state index contributed by atoms with van der Waals surface area (Å²) < 4.78 is 0. The van der Waals surface area contributed by atoms with Gasteiger partial charge in [0.2, 0.25) is 0 Å². The molecule has 150 valence electrons. The largest absolute Gasteiger partial charge is 0.341 e. The van der Waals surface area contributed by atoms with Gasteiger partial charge >= 0.3 is 0 Å². The Kier molecular flexibility index (Phi) is 4.99. The van der Waals surface area contributed by atoms with E-state index in [-0.39, 0.29) is 11.9 Å². The van der Waals surface area contributed by atoms with Crippen LogP contribution in [0, 0.1) is 0 Å². The standard InChI is InChI=1S/C22H26N6O/c29-22(28-12-10-23-11-13-28)16-6-2-8-18-21(16)27-19(26-18)14-25-17-7-1-4-15-5-3-9-24-20(15)17/h2-3,5-6,8-9,17,23,25H,1,4,7,10-14H2,(H,26,27). The van der Waals surface area contributed by atoms with E-state index in [0.717, 1.165) is 61.6 Å². The van der Waals surface area contributed by atoms with Gasteiger partial charge in [-0.05, 0) is 43.0 Å². The van der Waals surface area contributed by atoms with Gasteiger partial charge in [-0.1, -0.05) is 12.1 Å². The summed E-state index contributed by atoms with van der Waals surface area (Å²) in [5.74, 6) is 0.914. The molecule has 2 aromatic heterocycles. The lowest BCUT2D eigenvalue weighted by molar-refractivity contribution is 0.0737. The number of piperazine rings is 1. The Morgan fingerprint density at radius 2 is 2.10 bits per heavy atom. The van der Waals surface area contributed by atoms with Crippen molar-refractivity contribution in [1.82, 2.24) is 30.5 Å². The molecule has 0 saturated carbocycles. The summed E-state index contributed by atoms with van der Waals surface area (Å²) in [5, 5.41) is 6.90. The number of para-hydroxylation sites is 1. The van der Waals surface area contributed by atoms with Gasteiger partial charge in [-0.2, -0.15) is 0 Å². The highest BCUT2D eigenvalue weighted by molar-refractivity contribution is 6.04. The number of benzene rings is 1. The number of aromatic amines is 1. The highest BCUT2D eigenvalue weighted by Gasteiger charge is 2.23. The number of carbonyl (C=O) groups excluding carboxylic acids is 1. The molecule has 29 heavy (non-hydrogen) atoms. The van der Waals surface area contributed by atoms with E-state index in [2.05, 4.69) is 26.7 Å². The molecule has 1 saturated heterocycles. The van der Waals surface area contributed by atoms with Gasteiger partial charge in [-0.25, -0.2) is 4.98 Å². The van der Waals surface area contributed by atoms with Gasteiger partial charge in [0.15, 0.2) is 0 Å². The first-order chi connectivity index (χ1) is 14.3. The van der Waals surface area contributed by atoms with Crippen LogP contribution in [0.1, 0.15) is 46.3 Å². The summed E-state index contributed by atoms with van der Waals surface area (Å²) in [6.45, 7) is 3.78. The molecule has 3 N–H and O–H groups in total. The Morgan fingerprint density at radius 1 is 1.21 bits per heavy atom. The van der Waals surface area contributed by atoms with E-state index < -0.39 is 0 Å². The number of amides is 1. The minimum absolute atomic E-state index is 0.0634. The quantitative estimate of drug-likeness (QED) is 0.636. The number of hydrogen-bond donors (Lipinski definition) is 3. The Labute approximate surface area is 169 Å². The normalized spacial score (nSPS) is 19.3. The molecule has 1 atom stereocenters. The monoisotopic (exact) mass is 390 g/mol. The molecule has 1 amide bonds. The molecule has 0 radical (unpaired) electrons. The zero-order valence-corrected chi connectivity index (χ0v) is 16.4. The lowest BCUT2D eigenvalue weighted by Crippen LogP contribution is -2.46. The highest BCUT2D eigenvalue weighted by atomic mass is 16.2. The number of aromatic nitrogens is 3. The predicted octanol–water partition coefficient (Wildman–Crippen LogP) is 2.17. The van der Waals surface area contributed by atoms with Gasteiger partial charge < -0.3 is 20.5 Å². The molecule has 1 unspecified atom stereocenters. The number of pyridine rings is 1. The minimum atomic E-state index is 0.0634. The molecule has 1 fully saturated rings. The summed E-state index contributed by atoms with van der Waals surface area (Å²) in [7, 11) is 0. The van der Waals surface area contributed by atoms with Crippen LogP contribution in [0.25, 0.3) is 11.0 Å². The Balaban J connectivity index is 1.35. The van der Waals surface area contributed by atoms with Crippen LogP contribution in [0.15, 0.2) is 36.5 Å². The number of imidazole rings is 1. The average Bonchev–Trinajstić information content (AvgIpc) is 3.21. The number of aryl methyl sites for hydroxylation is 1. The van der Waals surface area contributed by atoms with E-state index in [1.54, 1.807) is 0 Å². The smallest absolute Gasteiger partial charge is 0.256 e. The minimum Gasteiger partial charge on any atom is -0.341 e. The fraction of sp³-hybridized carbons (Fsp3) is 0.409. The van der Waals surface area contributed by atoms with Crippen LogP contribution in [-0.4, -0.2) is 51.9 Å². The third-order valence-corrected chi connectivity index (χ3v) is 5.91. The summed E-state index contributed by atoms with van der Waals surface area (Å²) >= 11 is 0. The first kappa shape index (κ1) is 18.3. The number of carbonyl (C=O) groups is 1. The van der Waals surface area contributed by atoms with E-state index in [1.165, 1.54) is 12.0 Å². The number of H-pyrrole nitrogens is 1. The summed E-state index contributed by atoms with van der Waals surface area (Å²) in [5.41, 5.74) is 4.84.